The maximum Gasteiger partial charge on any atom is 0.304 e. The average molecular weight is 502 g/mol. The molecule has 2 saturated heterocycles. The number of amides is 1. The molecular formula is C28H40ClN3O3. The number of aliphatic carboxylic acids is 1. The molecule has 35 heavy (non-hydrogen) atoms. The molecule has 0 saturated carbocycles. The zero-order valence-corrected chi connectivity index (χ0v) is 21.9. The van der Waals surface area contributed by atoms with Crippen LogP contribution < -0.4 is 5.32 Å². The van der Waals surface area contributed by atoms with E-state index in [9.17, 15) is 14.7 Å². The standard InChI is InChI=1S/C28H40ClN3O3/c1-20-7-6-10-25(29)24(20)18-32-16-21(2)28(19-32,15-26(33)34)27(35)30-23-11-13-31(14-12-23)17-22-8-4-3-5-9-22/h6-8,10,21,23H,3-5,9,11-19H2,1-2H3,(H,30,35)(H,33,34)/t21-,28-/m0/s1. The van der Waals surface area contributed by atoms with Crippen LogP contribution in [0.5, 0.6) is 0 Å². The Balaban J connectivity index is 1.38. The minimum absolute atomic E-state index is 0.0558. The van der Waals surface area contributed by atoms with Gasteiger partial charge in [0, 0.05) is 50.3 Å². The number of carboxylic acid groups (broad SMARTS) is 1. The van der Waals surface area contributed by atoms with Gasteiger partial charge in [-0.05, 0) is 68.6 Å². The number of hydrogen-bond donors (Lipinski definition) is 2. The minimum Gasteiger partial charge on any atom is -0.481 e. The molecule has 2 aliphatic heterocycles. The third-order valence-electron chi connectivity index (χ3n) is 8.37. The molecule has 4 rings (SSSR count). The number of hydrogen-bond acceptors (Lipinski definition) is 4. The summed E-state index contributed by atoms with van der Waals surface area (Å²) in [6.45, 7) is 8.79. The fraction of sp³-hybridized carbons (Fsp3) is 0.643. The number of carboxylic acids is 1. The largest absolute Gasteiger partial charge is 0.481 e. The van der Waals surface area contributed by atoms with E-state index in [1.54, 1.807) is 5.57 Å². The maximum atomic E-state index is 13.7. The van der Waals surface area contributed by atoms with Crippen molar-refractivity contribution in [3.05, 3.63) is 46.0 Å². The van der Waals surface area contributed by atoms with Gasteiger partial charge in [-0.2, -0.15) is 0 Å². The highest BCUT2D eigenvalue weighted by Gasteiger charge is 2.51. The number of allylic oxidation sites excluding steroid dienone is 1. The monoisotopic (exact) mass is 501 g/mol. The van der Waals surface area contributed by atoms with Crippen LogP contribution in [-0.4, -0.2) is 65.5 Å². The first-order valence-corrected chi connectivity index (χ1v) is 13.5. The van der Waals surface area contributed by atoms with E-state index in [1.807, 2.05) is 32.0 Å². The lowest BCUT2D eigenvalue weighted by Gasteiger charge is -2.36. The average Bonchev–Trinajstić information content (AvgIpc) is 3.13. The van der Waals surface area contributed by atoms with Gasteiger partial charge in [0.05, 0.1) is 11.8 Å². The van der Waals surface area contributed by atoms with Gasteiger partial charge >= 0.3 is 5.97 Å². The first kappa shape index (κ1) is 26.2. The van der Waals surface area contributed by atoms with Crippen LogP contribution in [0.15, 0.2) is 29.8 Å². The molecule has 7 heteroatoms. The third-order valence-corrected chi connectivity index (χ3v) is 8.72. The van der Waals surface area contributed by atoms with Crippen LogP contribution in [0.1, 0.15) is 63.0 Å². The second-order valence-electron chi connectivity index (χ2n) is 11.0. The van der Waals surface area contributed by atoms with Crippen molar-refractivity contribution in [2.75, 3.05) is 32.7 Å². The van der Waals surface area contributed by atoms with E-state index in [0.717, 1.165) is 43.6 Å². The van der Waals surface area contributed by atoms with E-state index in [1.165, 1.54) is 25.7 Å². The topological polar surface area (TPSA) is 72.9 Å². The first-order valence-electron chi connectivity index (χ1n) is 13.2. The smallest absolute Gasteiger partial charge is 0.304 e. The van der Waals surface area contributed by atoms with Crippen molar-refractivity contribution in [3.8, 4) is 0 Å². The molecule has 0 aromatic heterocycles. The van der Waals surface area contributed by atoms with Crippen LogP contribution in [0, 0.1) is 18.3 Å². The highest BCUT2D eigenvalue weighted by Crippen LogP contribution is 2.41. The number of aryl methyl sites for hydroxylation is 1. The molecule has 1 aromatic carbocycles. The fourth-order valence-corrected chi connectivity index (χ4v) is 6.45. The summed E-state index contributed by atoms with van der Waals surface area (Å²) in [4.78, 5) is 30.2. The van der Waals surface area contributed by atoms with Gasteiger partial charge < -0.3 is 10.4 Å². The fourth-order valence-electron chi connectivity index (χ4n) is 6.17. The molecule has 3 aliphatic rings. The highest BCUT2D eigenvalue weighted by molar-refractivity contribution is 6.31. The second-order valence-corrected chi connectivity index (χ2v) is 11.4. The summed E-state index contributed by atoms with van der Waals surface area (Å²) in [6.07, 6.45) is 9.13. The van der Waals surface area contributed by atoms with Gasteiger partial charge in [-0.1, -0.05) is 42.3 Å². The number of benzene rings is 1. The zero-order chi connectivity index (χ0) is 25.0. The second kappa shape index (κ2) is 11.4. The van der Waals surface area contributed by atoms with E-state index >= 15 is 0 Å². The van der Waals surface area contributed by atoms with E-state index < -0.39 is 11.4 Å². The lowest BCUT2D eigenvalue weighted by Crippen LogP contribution is -2.53. The van der Waals surface area contributed by atoms with Crippen molar-refractivity contribution < 1.29 is 14.7 Å². The normalized spacial score (nSPS) is 26.5. The first-order chi connectivity index (χ1) is 16.8. The van der Waals surface area contributed by atoms with Crippen molar-refractivity contribution in [2.45, 2.75) is 71.4 Å². The number of carbonyl (C=O) groups excluding carboxylic acids is 1. The summed E-state index contributed by atoms with van der Waals surface area (Å²) < 4.78 is 0. The van der Waals surface area contributed by atoms with Crippen molar-refractivity contribution in [2.24, 2.45) is 11.3 Å². The van der Waals surface area contributed by atoms with Crippen LogP contribution in [0.2, 0.25) is 5.02 Å². The van der Waals surface area contributed by atoms with Crippen molar-refractivity contribution in [1.29, 1.82) is 0 Å². The Morgan fingerprint density at radius 2 is 1.94 bits per heavy atom. The van der Waals surface area contributed by atoms with E-state index in [-0.39, 0.29) is 24.3 Å². The molecule has 0 unspecified atom stereocenters. The highest BCUT2D eigenvalue weighted by atomic mass is 35.5. The summed E-state index contributed by atoms with van der Waals surface area (Å²) in [6, 6.07) is 5.97. The van der Waals surface area contributed by atoms with Gasteiger partial charge in [0.2, 0.25) is 5.91 Å². The zero-order valence-electron chi connectivity index (χ0n) is 21.2. The Kier molecular flexibility index (Phi) is 8.56. The summed E-state index contributed by atoms with van der Waals surface area (Å²) >= 11 is 6.46. The molecule has 0 spiro atoms. The predicted octanol–water partition coefficient (Wildman–Crippen LogP) is 4.64. The van der Waals surface area contributed by atoms with Gasteiger partial charge in [0.25, 0.3) is 0 Å². The number of likely N-dealkylation sites (tertiary alicyclic amines) is 2. The maximum absolute atomic E-state index is 13.7. The number of rotatable bonds is 8. The quantitative estimate of drug-likeness (QED) is 0.507. The van der Waals surface area contributed by atoms with Crippen LogP contribution >= 0.6 is 11.6 Å². The Labute approximate surface area is 214 Å². The third kappa shape index (κ3) is 6.28. The van der Waals surface area contributed by atoms with Crippen molar-refractivity contribution in [3.63, 3.8) is 0 Å². The van der Waals surface area contributed by atoms with Gasteiger partial charge in [-0.3, -0.25) is 19.4 Å². The van der Waals surface area contributed by atoms with Crippen LogP contribution in [0.3, 0.4) is 0 Å². The molecular weight excluding hydrogens is 462 g/mol. The van der Waals surface area contributed by atoms with E-state index in [0.29, 0.717) is 24.7 Å². The minimum atomic E-state index is -0.926. The van der Waals surface area contributed by atoms with E-state index in [4.69, 9.17) is 11.6 Å². The molecule has 192 valence electrons. The molecule has 1 aromatic rings. The molecule has 1 amide bonds. The van der Waals surface area contributed by atoms with Crippen molar-refractivity contribution >= 4 is 23.5 Å². The Morgan fingerprint density at radius 1 is 1.17 bits per heavy atom. The van der Waals surface area contributed by atoms with Crippen LogP contribution in [0.25, 0.3) is 0 Å². The number of piperidine rings is 1. The molecule has 2 atom stereocenters. The number of nitrogens with one attached hydrogen (secondary N) is 1. The van der Waals surface area contributed by atoms with Crippen LogP contribution in [0.4, 0.5) is 0 Å². The van der Waals surface area contributed by atoms with E-state index in [2.05, 4.69) is 21.2 Å². The lowest BCUT2D eigenvalue weighted by atomic mass is 9.75. The van der Waals surface area contributed by atoms with Gasteiger partial charge in [0.1, 0.15) is 0 Å². The summed E-state index contributed by atoms with van der Waals surface area (Å²) in [7, 11) is 0. The van der Waals surface area contributed by atoms with Gasteiger partial charge in [-0.25, -0.2) is 0 Å². The summed E-state index contributed by atoms with van der Waals surface area (Å²) in [5.41, 5.74) is 2.80. The molecule has 2 N–H and O–H groups in total. The summed E-state index contributed by atoms with van der Waals surface area (Å²) in [5, 5.41) is 13.7. The predicted molar refractivity (Wildman–Crippen MR) is 139 cm³/mol. The number of halogens is 1. The Hall–Kier alpha value is -1.89. The number of carbonyl (C=O) groups is 2. The van der Waals surface area contributed by atoms with Crippen LogP contribution in [-0.2, 0) is 16.1 Å². The Morgan fingerprint density at radius 3 is 2.60 bits per heavy atom. The van der Waals surface area contributed by atoms with Crippen molar-refractivity contribution in [1.82, 2.24) is 15.1 Å². The molecule has 1 aliphatic carbocycles. The Bertz CT molecular complexity index is 937. The molecule has 0 radical (unpaired) electrons. The summed E-state index contributed by atoms with van der Waals surface area (Å²) in [5.74, 6) is -1.07. The van der Waals surface area contributed by atoms with Gasteiger partial charge in [0.15, 0.2) is 0 Å². The molecule has 2 heterocycles. The lowest BCUT2D eigenvalue weighted by molar-refractivity contribution is -0.147. The number of nitrogens with zero attached hydrogens (tertiary/aromatic N) is 2. The van der Waals surface area contributed by atoms with Gasteiger partial charge in [-0.15, -0.1) is 0 Å². The molecule has 6 nitrogen and oxygen atoms in total. The molecule has 2 fully saturated rings. The SMILES string of the molecule is Cc1cccc(Cl)c1CN1C[C@H](C)[C@@](CC(=O)O)(C(=O)NC2CCN(CC3=CCCCC3)CC2)C1. The molecule has 0 bridgehead atoms.